The van der Waals surface area contributed by atoms with Gasteiger partial charge in [0, 0.05) is 13.3 Å². The molecule has 0 aliphatic rings. The number of hydrogen-bond donors (Lipinski definition) is 0. The van der Waals surface area contributed by atoms with Crippen LogP contribution in [0.5, 0.6) is 0 Å². The molecule has 1 rings (SSSR count). The molecular formula is C15H16O3. The second-order valence-electron chi connectivity index (χ2n) is 3.72. The SMILES string of the molecule is CC(=O)OC(/C=C/c1ccccc1)C/C=C\C=O. The van der Waals surface area contributed by atoms with Gasteiger partial charge in [-0.15, -0.1) is 0 Å². The van der Waals surface area contributed by atoms with Crippen LogP contribution < -0.4 is 0 Å². The fourth-order valence-electron chi connectivity index (χ4n) is 1.43. The van der Waals surface area contributed by atoms with Gasteiger partial charge in [0.25, 0.3) is 0 Å². The van der Waals surface area contributed by atoms with Gasteiger partial charge in [0.2, 0.25) is 0 Å². The summed E-state index contributed by atoms with van der Waals surface area (Å²) in [7, 11) is 0. The van der Waals surface area contributed by atoms with Crippen LogP contribution >= 0.6 is 0 Å². The summed E-state index contributed by atoms with van der Waals surface area (Å²) in [5, 5.41) is 0. The number of aldehydes is 1. The summed E-state index contributed by atoms with van der Waals surface area (Å²) in [6.45, 7) is 1.37. The predicted molar refractivity (Wildman–Crippen MR) is 70.9 cm³/mol. The van der Waals surface area contributed by atoms with Crippen LogP contribution in [0.15, 0.2) is 48.6 Å². The topological polar surface area (TPSA) is 43.4 Å². The van der Waals surface area contributed by atoms with Gasteiger partial charge < -0.3 is 4.74 Å². The summed E-state index contributed by atoms with van der Waals surface area (Å²) >= 11 is 0. The quantitative estimate of drug-likeness (QED) is 0.439. The molecule has 1 aromatic carbocycles. The van der Waals surface area contributed by atoms with Crippen molar-refractivity contribution in [1.82, 2.24) is 0 Å². The maximum absolute atomic E-state index is 10.9. The minimum atomic E-state index is -0.348. The number of esters is 1. The highest BCUT2D eigenvalue weighted by Crippen LogP contribution is 2.07. The van der Waals surface area contributed by atoms with E-state index in [1.807, 2.05) is 42.5 Å². The highest BCUT2D eigenvalue weighted by atomic mass is 16.5. The molecule has 3 heteroatoms. The second-order valence-corrected chi connectivity index (χ2v) is 3.72. The van der Waals surface area contributed by atoms with Crippen LogP contribution in [0.2, 0.25) is 0 Å². The highest BCUT2D eigenvalue weighted by molar-refractivity contribution is 5.67. The number of ether oxygens (including phenoxy) is 1. The van der Waals surface area contributed by atoms with Crippen molar-refractivity contribution in [2.45, 2.75) is 19.4 Å². The molecule has 0 aliphatic heterocycles. The van der Waals surface area contributed by atoms with Crippen molar-refractivity contribution in [2.75, 3.05) is 0 Å². The van der Waals surface area contributed by atoms with E-state index in [0.29, 0.717) is 12.7 Å². The van der Waals surface area contributed by atoms with Gasteiger partial charge in [-0.2, -0.15) is 0 Å². The van der Waals surface area contributed by atoms with E-state index in [2.05, 4.69) is 0 Å². The van der Waals surface area contributed by atoms with Crippen molar-refractivity contribution in [3.8, 4) is 0 Å². The zero-order valence-electron chi connectivity index (χ0n) is 10.3. The molecule has 94 valence electrons. The van der Waals surface area contributed by atoms with E-state index < -0.39 is 0 Å². The first-order valence-corrected chi connectivity index (χ1v) is 5.73. The lowest BCUT2D eigenvalue weighted by Gasteiger charge is -2.10. The van der Waals surface area contributed by atoms with Gasteiger partial charge in [-0.05, 0) is 17.7 Å². The van der Waals surface area contributed by atoms with Crippen LogP contribution in [0.1, 0.15) is 18.9 Å². The molecule has 0 amide bonds. The monoisotopic (exact) mass is 244 g/mol. The molecule has 0 aromatic heterocycles. The molecule has 1 unspecified atom stereocenters. The standard InChI is InChI=1S/C15H16O3/c1-13(17)18-15(9-5-6-12-16)11-10-14-7-3-2-4-8-14/h2-8,10-12,15H,9H2,1H3/b6-5-,11-10+. The van der Waals surface area contributed by atoms with Gasteiger partial charge >= 0.3 is 5.97 Å². The maximum Gasteiger partial charge on any atom is 0.303 e. The van der Waals surface area contributed by atoms with E-state index in [9.17, 15) is 9.59 Å². The van der Waals surface area contributed by atoms with Gasteiger partial charge in [-0.25, -0.2) is 0 Å². The number of allylic oxidation sites excluding steroid dienone is 1. The minimum Gasteiger partial charge on any atom is -0.458 e. The zero-order chi connectivity index (χ0) is 13.2. The molecule has 0 saturated heterocycles. The van der Waals surface area contributed by atoms with Gasteiger partial charge in [0.05, 0.1) is 0 Å². The van der Waals surface area contributed by atoms with E-state index in [0.717, 1.165) is 5.56 Å². The Morgan fingerprint density at radius 3 is 2.67 bits per heavy atom. The summed E-state index contributed by atoms with van der Waals surface area (Å²) in [5.74, 6) is -0.336. The van der Waals surface area contributed by atoms with Crippen molar-refractivity contribution in [3.05, 3.63) is 54.1 Å². The summed E-state index contributed by atoms with van der Waals surface area (Å²) in [4.78, 5) is 21.1. The molecule has 0 radical (unpaired) electrons. The van der Waals surface area contributed by atoms with Crippen molar-refractivity contribution in [2.24, 2.45) is 0 Å². The lowest BCUT2D eigenvalue weighted by atomic mass is 10.1. The Hall–Kier alpha value is -2.16. The lowest BCUT2D eigenvalue weighted by Crippen LogP contribution is -2.12. The van der Waals surface area contributed by atoms with Gasteiger partial charge in [-0.3, -0.25) is 9.59 Å². The third-order valence-electron chi connectivity index (χ3n) is 2.20. The van der Waals surface area contributed by atoms with E-state index in [4.69, 9.17) is 4.74 Å². The number of carbonyl (C=O) groups is 2. The van der Waals surface area contributed by atoms with Crippen LogP contribution in [-0.2, 0) is 14.3 Å². The molecule has 18 heavy (non-hydrogen) atoms. The normalized spacial score (nSPS) is 12.7. The first-order chi connectivity index (χ1) is 8.72. The number of benzene rings is 1. The molecule has 0 heterocycles. The molecule has 3 nitrogen and oxygen atoms in total. The van der Waals surface area contributed by atoms with E-state index in [1.165, 1.54) is 13.0 Å². The highest BCUT2D eigenvalue weighted by Gasteiger charge is 2.05. The molecule has 0 fully saturated rings. The Morgan fingerprint density at radius 1 is 1.33 bits per heavy atom. The van der Waals surface area contributed by atoms with Gasteiger partial charge in [-0.1, -0.05) is 42.5 Å². The summed E-state index contributed by atoms with van der Waals surface area (Å²) in [6.07, 6.45) is 7.61. The van der Waals surface area contributed by atoms with Crippen molar-refractivity contribution < 1.29 is 14.3 Å². The smallest absolute Gasteiger partial charge is 0.303 e. The predicted octanol–water partition coefficient (Wildman–Crippen LogP) is 2.78. The zero-order valence-corrected chi connectivity index (χ0v) is 10.3. The second kappa shape index (κ2) is 8.01. The molecule has 0 N–H and O–H groups in total. The van der Waals surface area contributed by atoms with E-state index in [1.54, 1.807) is 6.08 Å². The van der Waals surface area contributed by atoms with Crippen LogP contribution in [0.25, 0.3) is 6.08 Å². The van der Waals surface area contributed by atoms with Crippen LogP contribution in [0.3, 0.4) is 0 Å². The van der Waals surface area contributed by atoms with Crippen molar-refractivity contribution >= 4 is 18.3 Å². The number of hydrogen-bond acceptors (Lipinski definition) is 3. The molecule has 0 bridgehead atoms. The Morgan fingerprint density at radius 2 is 2.06 bits per heavy atom. The van der Waals surface area contributed by atoms with E-state index in [-0.39, 0.29) is 12.1 Å². The third-order valence-corrected chi connectivity index (χ3v) is 2.20. The van der Waals surface area contributed by atoms with Gasteiger partial charge in [0.1, 0.15) is 12.4 Å². The first-order valence-electron chi connectivity index (χ1n) is 5.73. The van der Waals surface area contributed by atoms with Crippen LogP contribution in [0, 0.1) is 0 Å². The van der Waals surface area contributed by atoms with Gasteiger partial charge in [0.15, 0.2) is 0 Å². The first kappa shape index (κ1) is 13.9. The molecular weight excluding hydrogens is 228 g/mol. The Bertz CT molecular complexity index is 432. The maximum atomic E-state index is 10.9. The molecule has 0 saturated carbocycles. The Balaban J connectivity index is 2.65. The van der Waals surface area contributed by atoms with Crippen molar-refractivity contribution in [3.63, 3.8) is 0 Å². The molecule has 0 spiro atoms. The minimum absolute atomic E-state index is 0.336. The number of carbonyl (C=O) groups excluding carboxylic acids is 2. The lowest BCUT2D eigenvalue weighted by molar-refractivity contribution is -0.143. The Labute approximate surface area is 107 Å². The average molecular weight is 244 g/mol. The summed E-state index contributed by atoms with van der Waals surface area (Å²) in [6, 6.07) is 9.73. The Kier molecular flexibility index (Phi) is 6.19. The molecule has 1 atom stereocenters. The third kappa shape index (κ3) is 5.80. The fourth-order valence-corrected chi connectivity index (χ4v) is 1.43. The summed E-state index contributed by atoms with van der Waals surface area (Å²) < 4.78 is 5.13. The molecule has 1 aromatic rings. The van der Waals surface area contributed by atoms with E-state index >= 15 is 0 Å². The largest absolute Gasteiger partial charge is 0.458 e. The van der Waals surface area contributed by atoms with Crippen LogP contribution in [-0.4, -0.2) is 18.4 Å². The van der Waals surface area contributed by atoms with Crippen molar-refractivity contribution in [1.29, 1.82) is 0 Å². The number of rotatable bonds is 6. The summed E-state index contributed by atoms with van der Waals surface area (Å²) in [5.41, 5.74) is 1.04. The fraction of sp³-hybridized carbons (Fsp3) is 0.200. The van der Waals surface area contributed by atoms with Crippen LogP contribution in [0.4, 0.5) is 0 Å². The average Bonchev–Trinajstić information content (AvgIpc) is 2.37. The molecule has 0 aliphatic carbocycles.